The number of carbonyl (C=O) groups excluding carboxylic acids is 1. The van der Waals surface area contributed by atoms with E-state index in [-0.39, 0.29) is 11.9 Å². The van der Waals surface area contributed by atoms with Gasteiger partial charge < -0.3 is 5.32 Å². The first-order valence-corrected chi connectivity index (χ1v) is 9.79. The maximum absolute atomic E-state index is 12.3. The molecule has 0 saturated heterocycles. The maximum Gasteiger partial charge on any atom is 0.230 e. The van der Waals surface area contributed by atoms with Gasteiger partial charge in [0.05, 0.1) is 16.8 Å². The van der Waals surface area contributed by atoms with Gasteiger partial charge in [-0.15, -0.1) is 0 Å². The number of nitrogens with zero attached hydrogens (tertiary/aromatic N) is 2. The molecule has 1 saturated carbocycles. The molecule has 2 aromatic rings. The molecule has 5 heteroatoms. The molecule has 1 heterocycles. The second kappa shape index (κ2) is 7.88. The Balaban J connectivity index is 1.69. The summed E-state index contributed by atoms with van der Waals surface area (Å²) in [5.41, 5.74) is 2.52. The molecule has 2 atom stereocenters. The summed E-state index contributed by atoms with van der Waals surface area (Å²) in [5.74, 6) is 0.861. The Bertz CT molecular complexity index is 828. The second-order valence-electron chi connectivity index (χ2n) is 6.87. The number of thioether (sulfide) groups is 1. The molecule has 0 spiro atoms. The lowest BCUT2D eigenvalue weighted by molar-refractivity contribution is -0.119. The van der Waals surface area contributed by atoms with Crippen LogP contribution < -0.4 is 5.32 Å². The van der Waals surface area contributed by atoms with Gasteiger partial charge in [-0.05, 0) is 43.9 Å². The number of hydrogen-bond acceptors (Lipinski definition) is 4. The number of nitrogens with one attached hydrogen (secondary N) is 1. The zero-order valence-corrected chi connectivity index (χ0v) is 15.5. The molecule has 1 aromatic heterocycles. The average molecular weight is 353 g/mol. The van der Waals surface area contributed by atoms with Crippen molar-refractivity contribution in [2.24, 2.45) is 5.92 Å². The van der Waals surface area contributed by atoms with Crippen LogP contribution in [0.15, 0.2) is 29.3 Å². The Morgan fingerprint density at radius 2 is 2.16 bits per heavy atom. The van der Waals surface area contributed by atoms with E-state index in [2.05, 4.69) is 23.3 Å². The van der Waals surface area contributed by atoms with E-state index >= 15 is 0 Å². The van der Waals surface area contributed by atoms with E-state index in [1.165, 1.54) is 31.0 Å². The number of benzene rings is 1. The van der Waals surface area contributed by atoms with Crippen LogP contribution in [0, 0.1) is 24.2 Å². The third-order valence-electron chi connectivity index (χ3n) is 4.85. The van der Waals surface area contributed by atoms with Crippen LogP contribution in [0.2, 0.25) is 0 Å². The van der Waals surface area contributed by atoms with Crippen LogP contribution >= 0.6 is 11.8 Å². The van der Waals surface area contributed by atoms with E-state index in [1.54, 1.807) is 0 Å². The summed E-state index contributed by atoms with van der Waals surface area (Å²) in [4.78, 5) is 16.9. The van der Waals surface area contributed by atoms with E-state index in [9.17, 15) is 10.1 Å². The first-order valence-electron chi connectivity index (χ1n) is 8.80. The van der Waals surface area contributed by atoms with E-state index < -0.39 is 0 Å². The molecular formula is C20H23N3OS. The van der Waals surface area contributed by atoms with Gasteiger partial charge in [-0.25, -0.2) is 4.98 Å². The Morgan fingerprint density at radius 1 is 1.36 bits per heavy atom. The zero-order valence-electron chi connectivity index (χ0n) is 14.7. The molecule has 0 unspecified atom stereocenters. The Kier molecular flexibility index (Phi) is 5.60. The summed E-state index contributed by atoms with van der Waals surface area (Å²) in [7, 11) is 0. The summed E-state index contributed by atoms with van der Waals surface area (Å²) in [6.45, 7) is 4.22. The summed E-state index contributed by atoms with van der Waals surface area (Å²) in [5, 5.41) is 14.1. The lowest BCUT2D eigenvalue weighted by atomic mass is 9.86. The number of carbonyl (C=O) groups is 1. The number of aromatic nitrogens is 1. The molecule has 25 heavy (non-hydrogen) atoms. The third kappa shape index (κ3) is 4.32. The highest BCUT2D eigenvalue weighted by molar-refractivity contribution is 8.00. The number of aryl methyl sites for hydroxylation is 1. The molecule has 0 aliphatic heterocycles. The predicted octanol–water partition coefficient (Wildman–Crippen LogP) is 4.20. The van der Waals surface area contributed by atoms with Crippen molar-refractivity contribution in [1.82, 2.24) is 10.3 Å². The molecule has 1 aromatic carbocycles. The third-order valence-corrected chi connectivity index (χ3v) is 5.84. The van der Waals surface area contributed by atoms with E-state index in [0.717, 1.165) is 22.9 Å². The summed E-state index contributed by atoms with van der Waals surface area (Å²) < 4.78 is 0. The molecule has 3 rings (SSSR count). The van der Waals surface area contributed by atoms with Crippen LogP contribution in [0.25, 0.3) is 10.9 Å². The monoisotopic (exact) mass is 353 g/mol. The first-order chi connectivity index (χ1) is 12.1. The van der Waals surface area contributed by atoms with Gasteiger partial charge in [0.15, 0.2) is 0 Å². The Labute approximate surface area is 153 Å². The predicted molar refractivity (Wildman–Crippen MR) is 101 cm³/mol. The lowest BCUT2D eigenvalue weighted by Gasteiger charge is -2.29. The van der Waals surface area contributed by atoms with Gasteiger partial charge >= 0.3 is 0 Å². The number of nitriles is 1. The van der Waals surface area contributed by atoms with Gasteiger partial charge in [-0.2, -0.15) is 5.26 Å². The lowest BCUT2D eigenvalue weighted by Crippen LogP contribution is -2.41. The molecule has 1 fully saturated rings. The van der Waals surface area contributed by atoms with Gasteiger partial charge in [0, 0.05) is 11.4 Å². The molecule has 0 bridgehead atoms. The van der Waals surface area contributed by atoms with Crippen LogP contribution in [-0.2, 0) is 4.79 Å². The fourth-order valence-electron chi connectivity index (χ4n) is 3.38. The smallest absolute Gasteiger partial charge is 0.230 e. The Hall–Kier alpha value is -2.06. The molecule has 1 aliphatic rings. The van der Waals surface area contributed by atoms with Crippen molar-refractivity contribution in [2.45, 2.75) is 50.6 Å². The van der Waals surface area contributed by atoms with Crippen molar-refractivity contribution in [3.8, 4) is 6.07 Å². The standard InChI is InChI=1S/C20H23N3OS/c1-13-7-8-18-15(9-13)10-16(11-21)20(23-18)25-12-19(24)22-17-6-4-3-5-14(17)2/h7-10,14,17H,3-6,12H2,1-2H3,(H,22,24)/t14-,17-/m1/s1. The number of rotatable bonds is 4. The van der Waals surface area contributed by atoms with Crippen LogP contribution in [0.3, 0.4) is 0 Å². The number of amides is 1. The largest absolute Gasteiger partial charge is 0.352 e. The molecule has 130 valence electrons. The van der Waals surface area contributed by atoms with Gasteiger partial charge in [-0.1, -0.05) is 43.2 Å². The number of pyridine rings is 1. The van der Waals surface area contributed by atoms with Gasteiger partial charge in [0.1, 0.15) is 11.1 Å². The highest BCUT2D eigenvalue weighted by atomic mass is 32.2. The molecule has 1 N–H and O–H groups in total. The molecule has 0 radical (unpaired) electrons. The summed E-state index contributed by atoms with van der Waals surface area (Å²) >= 11 is 1.34. The quantitative estimate of drug-likeness (QED) is 0.837. The van der Waals surface area contributed by atoms with Crippen molar-refractivity contribution < 1.29 is 4.79 Å². The van der Waals surface area contributed by atoms with Crippen molar-refractivity contribution in [3.63, 3.8) is 0 Å². The van der Waals surface area contributed by atoms with Gasteiger partial charge in [0.25, 0.3) is 0 Å². The SMILES string of the molecule is Cc1ccc2nc(SCC(=O)N[C@@H]3CCCC[C@H]3C)c(C#N)cc2c1. The fourth-order valence-corrected chi connectivity index (χ4v) is 4.16. The zero-order chi connectivity index (χ0) is 17.8. The van der Waals surface area contributed by atoms with Crippen LogP contribution in [0.1, 0.15) is 43.7 Å². The highest BCUT2D eigenvalue weighted by Crippen LogP contribution is 2.26. The Morgan fingerprint density at radius 3 is 2.92 bits per heavy atom. The first kappa shape index (κ1) is 17.8. The maximum atomic E-state index is 12.3. The van der Waals surface area contributed by atoms with Crippen molar-refractivity contribution in [3.05, 3.63) is 35.4 Å². The summed E-state index contributed by atoms with van der Waals surface area (Å²) in [6, 6.07) is 10.3. The van der Waals surface area contributed by atoms with Crippen molar-refractivity contribution in [2.75, 3.05) is 5.75 Å². The normalized spacial score (nSPS) is 20.2. The molecule has 1 aliphatic carbocycles. The van der Waals surface area contributed by atoms with E-state index in [4.69, 9.17) is 0 Å². The molecule has 1 amide bonds. The minimum absolute atomic E-state index is 0.0263. The van der Waals surface area contributed by atoms with Crippen LogP contribution in [0.5, 0.6) is 0 Å². The minimum Gasteiger partial charge on any atom is -0.352 e. The van der Waals surface area contributed by atoms with E-state index in [0.29, 0.717) is 22.3 Å². The minimum atomic E-state index is 0.0263. The van der Waals surface area contributed by atoms with Crippen molar-refractivity contribution >= 4 is 28.6 Å². The van der Waals surface area contributed by atoms with E-state index in [1.807, 2.05) is 31.2 Å². The van der Waals surface area contributed by atoms with Crippen LogP contribution in [-0.4, -0.2) is 22.7 Å². The molecular weight excluding hydrogens is 330 g/mol. The van der Waals surface area contributed by atoms with Gasteiger partial charge in [0.2, 0.25) is 5.91 Å². The molecule has 4 nitrogen and oxygen atoms in total. The fraction of sp³-hybridized carbons (Fsp3) is 0.450. The number of fused-ring (bicyclic) bond motifs is 1. The second-order valence-corrected chi connectivity index (χ2v) is 7.84. The highest BCUT2D eigenvalue weighted by Gasteiger charge is 2.22. The summed E-state index contributed by atoms with van der Waals surface area (Å²) in [6.07, 6.45) is 4.69. The topological polar surface area (TPSA) is 65.8 Å². The van der Waals surface area contributed by atoms with Crippen molar-refractivity contribution in [1.29, 1.82) is 5.26 Å². The number of hydrogen-bond donors (Lipinski definition) is 1. The van der Waals surface area contributed by atoms with Gasteiger partial charge in [-0.3, -0.25) is 4.79 Å². The average Bonchev–Trinajstić information content (AvgIpc) is 2.61. The van der Waals surface area contributed by atoms with Crippen LogP contribution in [0.4, 0.5) is 0 Å².